The maximum Gasteiger partial charge on any atom is 0.143 e. The Morgan fingerprint density at radius 2 is 2.30 bits per heavy atom. The van der Waals surface area contributed by atoms with Crippen molar-refractivity contribution in [3.05, 3.63) is 16.1 Å². The van der Waals surface area contributed by atoms with Crippen molar-refractivity contribution in [2.24, 2.45) is 0 Å². The second kappa shape index (κ2) is 2.93. The Morgan fingerprint density at radius 3 is 2.50 bits per heavy atom. The molecule has 1 aromatic heterocycles. The highest BCUT2D eigenvalue weighted by Gasteiger charge is 2.06. The molecule has 0 amide bonds. The number of hydrogen-bond acceptors (Lipinski definition) is 1. The normalized spacial score (nSPS) is 10.9. The van der Waals surface area contributed by atoms with Gasteiger partial charge >= 0.3 is 0 Å². The minimum absolute atomic E-state index is 0.367. The number of aromatic nitrogens is 2. The molecule has 1 rings (SSSR count). The lowest BCUT2D eigenvalue weighted by Gasteiger charge is -2.06. The highest BCUT2D eigenvalue weighted by atomic mass is 79.9. The molecule has 1 aromatic rings. The van der Waals surface area contributed by atoms with Crippen LogP contribution in [0.5, 0.6) is 0 Å². The van der Waals surface area contributed by atoms with Gasteiger partial charge in [0.1, 0.15) is 9.76 Å². The lowest BCUT2D eigenvalue weighted by molar-refractivity contribution is 0.600. The van der Waals surface area contributed by atoms with Gasteiger partial charge in [0.15, 0.2) is 0 Å². The van der Waals surface area contributed by atoms with Crippen LogP contribution in [0.1, 0.15) is 19.9 Å². The van der Waals surface area contributed by atoms with Crippen LogP contribution >= 0.6 is 27.5 Å². The summed E-state index contributed by atoms with van der Waals surface area (Å²) in [6.45, 7) is 4.11. The predicted molar refractivity (Wildman–Crippen MR) is 45.3 cm³/mol. The van der Waals surface area contributed by atoms with Gasteiger partial charge < -0.3 is 4.57 Å². The topological polar surface area (TPSA) is 17.8 Å². The SMILES string of the molecule is CC(C)n1cnc(Br)c1Cl. The first-order valence-electron chi connectivity index (χ1n) is 3.00. The summed E-state index contributed by atoms with van der Waals surface area (Å²) in [5.41, 5.74) is 0. The molecule has 0 unspecified atom stereocenters. The molecule has 0 aliphatic heterocycles. The maximum atomic E-state index is 5.86. The second-order valence-electron chi connectivity index (χ2n) is 2.33. The van der Waals surface area contributed by atoms with Gasteiger partial charge in [-0.3, -0.25) is 0 Å². The Hall–Kier alpha value is -0.0200. The van der Waals surface area contributed by atoms with Crippen LogP contribution in [0, 0.1) is 0 Å². The van der Waals surface area contributed by atoms with Gasteiger partial charge in [0.05, 0.1) is 6.33 Å². The summed E-state index contributed by atoms with van der Waals surface area (Å²) in [5.74, 6) is 0. The molecule has 0 atom stereocenters. The molecular formula is C6H8BrClN2. The summed E-state index contributed by atoms with van der Waals surface area (Å²) in [7, 11) is 0. The molecule has 0 saturated heterocycles. The summed E-state index contributed by atoms with van der Waals surface area (Å²) >= 11 is 9.08. The minimum Gasteiger partial charge on any atom is -0.318 e. The fraction of sp³-hybridized carbons (Fsp3) is 0.500. The van der Waals surface area contributed by atoms with Crippen LogP contribution in [0.2, 0.25) is 5.15 Å². The van der Waals surface area contributed by atoms with Crippen LogP contribution in [-0.4, -0.2) is 9.55 Å². The van der Waals surface area contributed by atoms with Crippen LogP contribution in [0.4, 0.5) is 0 Å². The molecule has 1 heterocycles. The summed E-state index contributed by atoms with van der Waals surface area (Å²) in [4.78, 5) is 3.99. The fourth-order valence-electron chi connectivity index (χ4n) is 0.683. The zero-order valence-corrected chi connectivity index (χ0v) is 8.15. The van der Waals surface area contributed by atoms with Crippen molar-refractivity contribution in [3.63, 3.8) is 0 Å². The van der Waals surface area contributed by atoms with Gasteiger partial charge in [-0.25, -0.2) is 4.98 Å². The van der Waals surface area contributed by atoms with E-state index in [4.69, 9.17) is 11.6 Å². The van der Waals surface area contributed by atoms with Gasteiger partial charge in [-0.2, -0.15) is 0 Å². The number of imidazole rings is 1. The Bertz CT molecular complexity index is 232. The third-order valence-electron chi connectivity index (χ3n) is 1.25. The third-order valence-corrected chi connectivity index (χ3v) is 2.43. The van der Waals surface area contributed by atoms with E-state index in [1.54, 1.807) is 6.33 Å². The first kappa shape index (κ1) is 8.08. The van der Waals surface area contributed by atoms with Crippen molar-refractivity contribution >= 4 is 27.5 Å². The fourth-order valence-corrected chi connectivity index (χ4v) is 1.27. The third kappa shape index (κ3) is 1.35. The lowest BCUT2D eigenvalue weighted by Crippen LogP contribution is -1.97. The molecule has 4 heteroatoms. The quantitative estimate of drug-likeness (QED) is 0.716. The van der Waals surface area contributed by atoms with Crippen molar-refractivity contribution in [1.82, 2.24) is 9.55 Å². The van der Waals surface area contributed by atoms with E-state index in [0.717, 1.165) is 0 Å². The zero-order valence-electron chi connectivity index (χ0n) is 5.81. The second-order valence-corrected chi connectivity index (χ2v) is 3.44. The van der Waals surface area contributed by atoms with Crippen LogP contribution in [0.3, 0.4) is 0 Å². The molecule has 0 bridgehead atoms. The smallest absolute Gasteiger partial charge is 0.143 e. The Labute approximate surface area is 73.3 Å². The number of hydrogen-bond donors (Lipinski definition) is 0. The summed E-state index contributed by atoms with van der Waals surface area (Å²) in [6.07, 6.45) is 1.72. The summed E-state index contributed by atoms with van der Waals surface area (Å²) < 4.78 is 2.61. The molecule has 0 saturated carbocycles. The van der Waals surface area contributed by atoms with Gasteiger partial charge in [0, 0.05) is 6.04 Å². The van der Waals surface area contributed by atoms with E-state index in [1.165, 1.54) is 0 Å². The molecule has 0 radical (unpaired) electrons. The van der Waals surface area contributed by atoms with Crippen molar-refractivity contribution in [2.45, 2.75) is 19.9 Å². The van der Waals surface area contributed by atoms with Crippen LogP contribution < -0.4 is 0 Å². The average molecular weight is 224 g/mol. The number of nitrogens with zero attached hydrogens (tertiary/aromatic N) is 2. The first-order chi connectivity index (χ1) is 4.63. The van der Waals surface area contributed by atoms with E-state index >= 15 is 0 Å². The van der Waals surface area contributed by atoms with Gasteiger partial charge in [-0.15, -0.1) is 0 Å². The standard InChI is InChI=1S/C6H8BrClN2/c1-4(2)10-3-9-5(7)6(10)8/h3-4H,1-2H3. The van der Waals surface area contributed by atoms with E-state index in [-0.39, 0.29) is 0 Å². The largest absolute Gasteiger partial charge is 0.318 e. The predicted octanol–water partition coefficient (Wildman–Crippen LogP) is 2.88. The molecule has 10 heavy (non-hydrogen) atoms. The molecule has 56 valence electrons. The number of rotatable bonds is 1. The molecular weight excluding hydrogens is 215 g/mol. The summed E-state index contributed by atoms with van der Waals surface area (Å²) in [6, 6.07) is 0.367. The van der Waals surface area contributed by atoms with E-state index in [1.807, 2.05) is 4.57 Å². The van der Waals surface area contributed by atoms with Gasteiger partial charge in [0.2, 0.25) is 0 Å². The Morgan fingerprint density at radius 1 is 1.70 bits per heavy atom. The molecule has 2 nitrogen and oxygen atoms in total. The Kier molecular flexibility index (Phi) is 2.36. The van der Waals surface area contributed by atoms with Crippen LogP contribution in [0.15, 0.2) is 10.9 Å². The highest BCUT2D eigenvalue weighted by Crippen LogP contribution is 2.23. The van der Waals surface area contributed by atoms with Crippen molar-refractivity contribution in [3.8, 4) is 0 Å². The molecule has 0 fully saturated rings. The Balaban J connectivity index is 3.05. The average Bonchev–Trinajstić information content (AvgIpc) is 2.14. The van der Waals surface area contributed by atoms with E-state index < -0.39 is 0 Å². The lowest BCUT2D eigenvalue weighted by atomic mass is 10.4. The zero-order chi connectivity index (χ0) is 7.72. The number of halogens is 2. The van der Waals surface area contributed by atoms with Crippen LogP contribution in [-0.2, 0) is 0 Å². The van der Waals surface area contributed by atoms with Crippen molar-refractivity contribution < 1.29 is 0 Å². The van der Waals surface area contributed by atoms with Gasteiger partial charge in [-0.05, 0) is 29.8 Å². The van der Waals surface area contributed by atoms with E-state index in [0.29, 0.717) is 15.8 Å². The van der Waals surface area contributed by atoms with Crippen LogP contribution in [0.25, 0.3) is 0 Å². The molecule has 0 spiro atoms. The minimum atomic E-state index is 0.367. The monoisotopic (exact) mass is 222 g/mol. The van der Waals surface area contributed by atoms with Crippen molar-refractivity contribution in [2.75, 3.05) is 0 Å². The molecule has 0 aromatic carbocycles. The highest BCUT2D eigenvalue weighted by molar-refractivity contribution is 9.10. The maximum absolute atomic E-state index is 5.86. The van der Waals surface area contributed by atoms with Gasteiger partial charge in [-0.1, -0.05) is 11.6 Å². The van der Waals surface area contributed by atoms with Crippen molar-refractivity contribution in [1.29, 1.82) is 0 Å². The van der Waals surface area contributed by atoms with E-state index in [9.17, 15) is 0 Å². The van der Waals surface area contributed by atoms with E-state index in [2.05, 4.69) is 34.8 Å². The summed E-state index contributed by atoms with van der Waals surface area (Å²) in [5, 5.41) is 0.662. The molecule has 0 aliphatic carbocycles. The molecule has 0 N–H and O–H groups in total. The molecule has 0 aliphatic rings. The first-order valence-corrected chi connectivity index (χ1v) is 4.18. The van der Waals surface area contributed by atoms with Gasteiger partial charge in [0.25, 0.3) is 0 Å².